The Bertz CT molecular complexity index is 128. The predicted octanol–water partition coefficient (Wildman–Crippen LogP) is 0.116. The Morgan fingerprint density at radius 2 is 2.50 bits per heavy atom. The Hall–Kier alpha value is -0.860. The zero-order valence-electron chi connectivity index (χ0n) is 4.79. The minimum absolute atomic E-state index is 0.635. The Labute approximate surface area is 48.1 Å². The summed E-state index contributed by atoms with van der Waals surface area (Å²) in [5.74, 6) is 0.635. The maximum absolute atomic E-state index is 4.79. The first kappa shape index (κ1) is 5.28. The van der Waals surface area contributed by atoms with Crippen molar-refractivity contribution in [2.75, 3.05) is 20.2 Å². The summed E-state index contributed by atoms with van der Waals surface area (Å²) in [4.78, 5) is 7.94. The predicted molar refractivity (Wildman–Crippen MR) is 32.7 cm³/mol. The summed E-state index contributed by atoms with van der Waals surface area (Å²) in [5.41, 5.74) is 0. The zero-order valence-corrected chi connectivity index (χ0v) is 4.79. The molecule has 0 saturated carbocycles. The molecule has 0 saturated heterocycles. The van der Waals surface area contributed by atoms with Gasteiger partial charge in [-0.2, -0.15) is 0 Å². The van der Waals surface area contributed by atoms with E-state index in [9.17, 15) is 0 Å². The molecule has 0 N–H and O–H groups in total. The second-order valence-electron chi connectivity index (χ2n) is 1.46. The number of methoxy groups -OCH3 is 1. The van der Waals surface area contributed by atoms with Gasteiger partial charge in [-0.15, -0.1) is 0 Å². The summed E-state index contributed by atoms with van der Waals surface area (Å²) in [6, 6.07) is 0. The van der Waals surface area contributed by atoms with Gasteiger partial charge in [0.25, 0.3) is 0 Å². The lowest BCUT2D eigenvalue weighted by Crippen LogP contribution is -2.09. The van der Waals surface area contributed by atoms with Crippen LogP contribution in [0.4, 0.5) is 0 Å². The molecule has 0 bridgehead atoms. The number of aliphatic imine (C=N–C) groups is 2. The molecule has 44 valence electrons. The van der Waals surface area contributed by atoms with Crippen LogP contribution in [0.3, 0.4) is 0 Å². The zero-order chi connectivity index (χ0) is 5.82. The number of hydrogen-bond acceptors (Lipinski definition) is 3. The summed E-state index contributed by atoms with van der Waals surface area (Å²) < 4.78 is 4.79. The molecule has 0 aromatic heterocycles. The van der Waals surface area contributed by atoms with E-state index in [1.165, 1.54) is 0 Å². The topological polar surface area (TPSA) is 34.0 Å². The molecule has 0 fully saturated rings. The van der Waals surface area contributed by atoms with Crippen molar-refractivity contribution in [2.24, 2.45) is 9.98 Å². The largest absolute Gasteiger partial charge is 0.480 e. The molecule has 0 aromatic carbocycles. The molecular formula is C5H8N2O. The van der Waals surface area contributed by atoms with Gasteiger partial charge in [-0.05, 0) is 0 Å². The minimum atomic E-state index is 0.635. The highest BCUT2D eigenvalue weighted by Gasteiger charge is 1.94. The summed E-state index contributed by atoms with van der Waals surface area (Å²) in [5, 5.41) is 0. The third-order valence-electron chi connectivity index (χ3n) is 0.908. The maximum atomic E-state index is 4.79. The van der Waals surface area contributed by atoms with Crippen LogP contribution in [0.2, 0.25) is 0 Å². The number of ether oxygens (including phenoxy) is 1. The molecule has 0 radical (unpaired) electrons. The van der Waals surface area contributed by atoms with Gasteiger partial charge in [-0.1, -0.05) is 0 Å². The molecule has 3 nitrogen and oxygen atoms in total. The normalized spacial score (nSPS) is 17.9. The molecule has 1 aliphatic heterocycles. The highest BCUT2D eigenvalue weighted by atomic mass is 16.5. The lowest BCUT2D eigenvalue weighted by Gasteiger charge is -2.01. The molecular weight excluding hydrogens is 104 g/mol. The van der Waals surface area contributed by atoms with Crippen molar-refractivity contribution < 1.29 is 4.74 Å². The van der Waals surface area contributed by atoms with E-state index in [1.807, 2.05) is 0 Å². The maximum Gasteiger partial charge on any atom is 0.226 e. The molecule has 0 unspecified atom stereocenters. The highest BCUT2D eigenvalue weighted by Crippen LogP contribution is 1.85. The number of hydrogen-bond donors (Lipinski definition) is 0. The van der Waals surface area contributed by atoms with E-state index in [4.69, 9.17) is 4.74 Å². The van der Waals surface area contributed by atoms with Crippen LogP contribution in [-0.2, 0) is 4.74 Å². The summed E-state index contributed by atoms with van der Waals surface area (Å²) in [7, 11) is 1.59. The van der Waals surface area contributed by atoms with E-state index in [0.29, 0.717) is 5.90 Å². The summed E-state index contributed by atoms with van der Waals surface area (Å²) in [6.07, 6.45) is 1.64. The van der Waals surface area contributed by atoms with Crippen molar-refractivity contribution in [1.29, 1.82) is 0 Å². The second kappa shape index (κ2) is 2.45. The van der Waals surface area contributed by atoms with Crippen molar-refractivity contribution in [3.8, 4) is 0 Å². The van der Waals surface area contributed by atoms with Crippen LogP contribution in [0.15, 0.2) is 9.98 Å². The first-order valence-corrected chi connectivity index (χ1v) is 2.52. The Kier molecular flexibility index (Phi) is 1.62. The average molecular weight is 112 g/mol. The smallest absolute Gasteiger partial charge is 0.226 e. The second-order valence-corrected chi connectivity index (χ2v) is 1.46. The van der Waals surface area contributed by atoms with Gasteiger partial charge in [0.15, 0.2) is 0 Å². The summed E-state index contributed by atoms with van der Waals surface area (Å²) in [6.45, 7) is 1.56. The van der Waals surface area contributed by atoms with Crippen LogP contribution in [-0.4, -0.2) is 32.3 Å². The van der Waals surface area contributed by atoms with Crippen LogP contribution in [0, 0.1) is 0 Å². The average Bonchev–Trinajstić information content (AvgIpc) is 1.90. The van der Waals surface area contributed by atoms with Gasteiger partial charge >= 0.3 is 0 Å². The Morgan fingerprint density at radius 3 is 2.88 bits per heavy atom. The van der Waals surface area contributed by atoms with Crippen LogP contribution in [0.1, 0.15) is 0 Å². The molecule has 1 rings (SSSR count). The fourth-order valence-electron chi connectivity index (χ4n) is 0.519. The quantitative estimate of drug-likeness (QED) is 0.438. The molecule has 1 heterocycles. The molecule has 1 aliphatic rings. The highest BCUT2D eigenvalue weighted by molar-refractivity contribution is 6.26. The summed E-state index contributed by atoms with van der Waals surface area (Å²) >= 11 is 0. The van der Waals surface area contributed by atoms with Crippen LogP contribution >= 0.6 is 0 Å². The van der Waals surface area contributed by atoms with Crippen molar-refractivity contribution in [1.82, 2.24) is 0 Å². The third-order valence-corrected chi connectivity index (χ3v) is 0.908. The van der Waals surface area contributed by atoms with Crippen molar-refractivity contribution in [3.63, 3.8) is 0 Å². The van der Waals surface area contributed by atoms with Crippen molar-refractivity contribution >= 4 is 12.1 Å². The van der Waals surface area contributed by atoms with Gasteiger partial charge in [-0.3, -0.25) is 4.99 Å². The fourth-order valence-corrected chi connectivity index (χ4v) is 0.519. The third kappa shape index (κ3) is 1.05. The molecule has 8 heavy (non-hydrogen) atoms. The van der Waals surface area contributed by atoms with E-state index in [1.54, 1.807) is 13.3 Å². The van der Waals surface area contributed by atoms with Gasteiger partial charge in [0, 0.05) is 0 Å². The van der Waals surface area contributed by atoms with E-state index < -0.39 is 0 Å². The molecule has 0 atom stereocenters. The molecule has 0 spiro atoms. The van der Waals surface area contributed by atoms with Gasteiger partial charge in [0.05, 0.1) is 26.4 Å². The van der Waals surface area contributed by atoms with Gasteiger partial charge < -0.3 is 4.74 Å². The van der Waals surface area contributed by atoms with Crippen molar-refractivity contribution in [3.05, 3.63) is 0 Å². The van der Waals surface area contributed by atoms with Gasteiger partial charge in [0.1, 0.15) is 0 Å². The first-order chi connectivity index (χ1) is 3.93. The van der Waals surface area contributed by atoms with E-state index in [-0.39, 0.29) is 0 Å². The van der Waals surface area contributed by atoms with E-state index >= 15 is 0 Å². The van der Waals surface area contributed by atoms with Crippen molar-refractivity contribution in [2.45, 2.75) is 0 Å². The molecule has 0 aromatic rings. The first-order valence-electron chi connectivity index (χ1n) is 2.52. The van der Waals surface area contributed by atoms with Crippen LogP contribution in [0.5, 0.6) is 0 Å². The molecule has 3 heteroatoms. The number of nitrogens with zero attached hydrogens (tertiary/aromatic N) is 2. The lowest BCUT2D eigenvalue weighted by molar-refractivity contribution is 0.409. The standard InChI is InChI=1S/C5H8N2O/c1-8-5-4-6-2-3-7-5/h4H,2-3H2,1H3. The Balaban J connectivity index is 2.51. The van der Waals surface area contributed by atoms with E-state index in [2.05, 4.69) is 9.98 Å². The van der Waals surface area contributed by atoms with Gasteiger partial charge in [-0.25, -0.2) is 4.99 Å². The van der Waals surface area contributed by atoms with Crippen LogP contribution in [0.25, 0.3) is 0 Å². The van der Waals surface area contributed by atoms with Crippen LogP contribution < -0.4 is 0 Å². The molecule has 0 amide bonds. The Morgan fingerprint density at radius 1 is 1.62 bits per heavy atom. The minimum Gasteiger partial charge on any atom is -0.480 e. The fraction of sp³-hybridized carbons (Fsp3) is 0.600. The number of rotatable bonds is 0. The lowest BCUT2D eigenvalue weighted by atomic mass is 10.5. The SMILES string of the molecule is COC1=NCCN=C1. The van der Waals surface area contributed by atoms with E-state index in [0.717, 1.165) is 13.1 Å². The van der Waals surface area contributed by atoms with Gasteiger partial charge in [0.2, 0.25) is 5.90 Å². The monoisotopic (exact) mass is 112 g/mol. The molecule has 0 aliphatic carbocycles.